The molecule has 1 aromatic rings. The van der Waals surface area contributed by atoms with Crippen LogP contribution >= 0.6 is 0 Å². The third-order valence-electron chi connectivity index (χ3n) is 3.70. The number of hydrogen-bond donors (Lipinski definition) is 1. The first kappa shape index (κ1) is 22.4. The number of hydrogen-bond acceptors (Lipinski definition) is 5. The first-order chi connectivity index (χ1) is 12.2. The molecule has 0 atom stereocenters. The highest BCUT2D eigenvalue weighted by Crippen LogP contribution is 2.27. The van der Waals surface area contributed by atoms with Crippen molar-refractivity contribution in [2.24, 2.45) is 0 Å². The monoisotopic (exact) mass is 386 g/mol. The second-order valence-corrected chi connectivity index (χ2v) is 8.11. The molecule has 0 saturated heterocycles. The SMILES string of the molecule is CCN(CC(=O)NCCCOC(C)C)S(=O)(=O)c1cc(C)ccc1OC. The highest BCUT2D eigenvalue weighted by Gasteiger charge is 2.28. The Morgan fingerprint density at radius 3 is 2.58 bits per heavy atom. The number of sulfonamides is 1. The molecule has 0 radical (unpaired) electrons. The molecule has 0 aliphatic heterocycles. The van der Waals surface area contributed by atoms with Crippen LogP contribution in [0.1, 0.15) is 32.8 Å². The summed E-state index contributed by atoms with van der Waals surface area (Å²) in [6, 6.07) is 4.95. The van der Waals surface area contributed by atoms with Gasteiger partial charge < -0.3 is 14.8 Å². The highest BCUT2D eigenvalue weighted by molar-refractivity contribution is 7.89. The average molecular weight is 387 g/mol. The molecule has 0 unspecified atom stereocenters. The Bertz CT molecular complexity index is 689. The van der Waals surface area contributed by atoms with Crippen LogP contribution in [0.15, 0.2) is 23.1 Å². The van der Waals surface area contributed by atoms with Crippen LogP contribution in [-0.4, -0.2) is 58.1 Å². The topological polar surface area (TPSA) is 84.9 Å². The first-order valence-electron chi connectivity index (χ1n) is 8.75. The maximum Gasteiger partial charge on any atom is 0.247 e. The van der Waals surface area contributed by atoms with E-state index in [1.165, 1.54) is 7.11 Å². The van der Waals surface area contributed by atoms with Crippen LogP contribution in [0.2, 0.25) is 0 Å². The van der Waals surface area contributed by atoms with Gasteiger partial charge in [0.25, 0.3) is 0 Å². The molecule has 0 spiro atoms. The van der Waals surface area contributed by atoms with Gasteiger partial charge in [0.15, 0.2) is 0 Å². The van der Waals surface area contributed by atoms with E-state index in [9.17, 15) is 13.2 Å². The molecule has 0 saturated carbocycles. The predicted molar refractivity (Wildman–Crippen MR) is 101 cm³/mol. The third kappa shape index (κ3) is 6.59. The van der Waals surface area contributed by atoms with Gasteiger partial charge >= 0.3 is 0 Å². The van der Waals surface area contributed by atoms with Crippen LogP contribution in [0.3, 0.4) is 0 Å². The van der Waals surface area contributed by atoms with Crippen molar-refractivity contribution in [3.63, 3.8) is 0 Å². The lowest BCUT2D eigenvalue weighted by Crippen LogP contribution is -2.41. The number of carbonyl (C=O) groups is 1. The number of rotatable bonds is 11. The van der Waals surface area contributed by atoms with Crippen molar-refractivity contribution in [1.82, 2.24) is 9.62 Å². The van der Waals surface area contributed by atoms with Gasteiger partial charge in [-0.15, -0.1) is 0 Å². The Labute approximate surface area is 156 Å². The number of likely N-dealkylation sites (N-methyl/N-ethyl adjacent to an activating group) is 1. The summed E-state index contributed by atoms with van der Waals surface area (Å²) in [6.45, 7) is 8.34. The third-order valence-corrected chi connectivity index (χ3v) is 5.65. The van der Waals surface area contributed by atoms with E-state index in [2.05, 4.69) is 5.32 Å². The molecule has 26 heavy (non-hydrogen) atoms. The van der Waals surface area contributed by atoms with E-state index < -0.39 is 10.0 Å². The Morgan fingerprint density at radius 1 is 1.31 bits per heavy atom. The van der Waals surface area contributed by atoms with Crippen molar-refractivity contribution < 1.29 is 22.7 Å². The van der Waals surface area contributed by atoms with E-state index in [0.717, 1.165) is 9.87 Å². The van der Waals surface area contributed by atoms with Gasteiger partial charge in [0, 0.05) is 19.7 Å². The smallest absolute Gasteiger partial charge is 0.247 e. The van der Waals surface area contributed by atoms with Gasteiger partial charge in [-0.05, 0) is 44.9 Å². The van der Waals surface area contributed by atoms with E-state index in [1.54, 1.807) is 32.0 Å². The van der Waals surface area contributed by atoms with E-state index in [-0.39, 0.29) is 35.7 Å². The van der Waals surface area contributed by atoms with Gasteiger partial charge in [0.1, 0.15) is 10.6 Å². The zero-order valence-corrected chi connectivity index (χ0v) is 17.1. The van der Waals surface area contributed by atoms with Crippen molar-refractivity contribution in [3.05, 3.63) is 23.8 Å². The average Bonchev–Trinajstić information content (AvgIpc) is 2.58. The zero-order valence-electron chi connectivity index (χ0n) is 16.2. The molecule has 0 aliphatic rings. The number of carbonyl (C=O) groups excluding carboxylic acids is 1. The molecule has 1 N–H and O–H groups in total. The molecular formula is C18H30N2O5S. The fourth-order valence-electron chi connectivity index (χ4n) is 2.33. The molecule has 0 bridgehead atoms. The van der Waals surface area contributed by atoms with E-state index in [0.29, 0.717) is 19.6 Å². The molecule has 1 rings (SSSR count). The summed E-state index contributed by atoms with van der Waals surface area (Å²) in [7, 11) is -2.41. The summed E-state index contributed by atoms with van der Waals surface area (Å²) in [5.74, 6) is -0.0770. The molecule has 1 aromatic carbocycles. The fraction of sp³-hybridized carbons (Fsp3) is 0.611. The molecule has 1 amide bonds. The Kier molecular flexibility index (Phi) is 9.04. The maximum absolute atomic E-state index is 12.9. The van der Waals surface area contributed by atoms with Crippen LogP contribution < -0.4 is 10.1 Å². The number of nitrogens with one attached hydrogen (secondary N) is 1. The minimum Gasteiger partial charge on any atom is -0.495 e. The number of amides is 1. The van der Waals surface area contributed by atoms with Gasteiger partial charge in [-0.1, -0.05) is 13.0 Å². The Balaban J connectivity index is 2.75. The van der Waals surface area contributed by atoms with Crippen molar-refractivity contribution in [1.29, 1.82) is 0 Å². The molecule has 148 valence electrons. The second kappa shape index (κ2) is 10.5. The summed E-state index contributed by atoms with van der Waals surface area (Å²) < 4.78 is 37.6. The lowest BCUT2D eigenvalue weighted by molar-refractivity contribution is -0.121. The zero-order chi connectivity index (χ0) is 19.7. The van der Waals surface area contributed by atoms with Gasteiger partial charge in [0.05, 0.1) is 19.8 Å². The first-order valence-corrected chi connectivity index (χ1v) is 10.2. The fourth-order valence-corrected chi connectivity index (χ4v) is 3.97. The predicted octanol–water partition coefficient (Wildman–Crippen LogP) is 1.95. The molecular weight excluding hydrogens is 356 g/mol. The second-order valence-electron chi connectivity index (χ2n) is 6.21. The number of aryl methyl sites for hydroxylation is 1. The largest absolute Gasteiger partial charge is 0.495 e. The molecule has 8 heteroatoms. The normalized spacial score (nSPS) is 11.8. The molecule has 7 nitrogen and oxygen atoms in total. The van der Waals surface area contributed by atoms with Crippen LogP contribution in [-0.2, 0) is 19.6 Å². The summed E-state index contributed by atoms with van der Waals surface area (Å²) in [5.41, 5.74) is 0.801. The van der Waals surface area contributed by atoms with Crippen LogP contribution in [0.25, 0.3) is 0 Å². The summed E-state index contributed by atoms with van der Waals surface area (Å²) in [4.78, 5) is 12.2. The number of benzene rings is 1. The van der Waals surface area contributed by atoms with Gasteiger partial charge in [-0.3, -0.25) is 4.79 Å². The number of methoxy groups -OCH3 is 1. The van der Waals surface area contributed by atoms with Crippen molar-refractivity contribution in [2.75, 3.05) is 33.4 Å². The summed E-state index contributed by atoms with van der Waals surface area (Å²) in [6.07, 6.45) is 0.824. The van der Waals surface area contributed by atoms with E-state index in [4.69, 9.17) is 9.47 Å². The van der Waals surface area contributed by atoms with Crippen LogP contribution in [0.4, 0.5) is 0 Å². The van der Waals surface area contributed by atoms with E-state index >= 15 is 0 Å². The molecule has 0 fully saturated rings. The van der Waals surface area contributed by atoms with Crippen molar-refractivity contribution >= 4 is 15.9 Å². The molecule has 0 aromatic heterocycles. The Hall–Kier alpha value is -1.64. The maximum atomic E-state index is 12.9. The minimum atomic E-state index is -3.84. The molecule has 0 aliphatic carbocycles. The van der Waals surface area contributed by atoms with Crippen LogP contribution in [0.5, 0.6) is 5.75 Å². The quantitative estimate of drug-likeness (QED) is 0.588. The number of nitrogens with zero attached hydrogens (tertiary/aromatic N) is 1. The van der Waals surface area contributed by atoms with Crippen molar-refractivity contribution in [2.45, 2.75) is 45.1 Å². The summed E-state index contributed by atoms with van der Waals surface area (Å²) >= 11 is 0. The van der Waals surface area contributed by atoms with Crippen molar-refractivity contribution in [3.8, 4) is 5.75 Å². The Morgan fingerprint density at radius 2 is 2.00 bits per heavy atom. The highest BCUT2D eigenvalue weighted by atomic mass is 32.2. The number of ether oxygens (including phenoxy) is 2. The lowest BCUT2D eigenvalue weighted by Gasteiger charge is -2.21. The summed E-state index contributed by atoms with van der Waals surface area (Å²) in [5, 5.41) is 2.73. The standard InChI is InChI=1S/C18H30N2O5S/c1-6-20(13-18(21)19-10-7-11-25-14(2)3)26(22,23)17-12-15(4)8-9-16(17)24-5/h8-9,12,14H,6-7,10-11,13H2,1-5H3,(H,19,21). The van der Waals surface area contributed by atoms with Gasteiger partial charge in [-0.25, -0.2) is 8.42 Å². The minimum absolute atomic E-state index is 0.0694. The van der Waals surface area contributed by atoms with Gasteiger partial charge in [-0.2, -0.15) is 4.31 Å². The lowest BCUT2D eigenvalue weighted by atomic mass is 10.2. The molecule has 0 heterocycles. The van der Waals surface area contributed by atoms with Crippen LogP contribution in [0, 0.1) is 6.92 Å². The van der Waals surface area contributed by atoms with E-state index in [1.807, 2.05) is 13.8 Å². The van der Waals surface area contributed by atoms with Gasteiger partial charge in [0.2, 0.25) is 15.9 Å².